The molecule has 0 spiro atoms. The van der Waals surface area contributed by atoms with Gasteiger partial charge in [-0.15, -0.1) is 0 Å². The van der Waals surface area contributed by atoms with Crippen molar-refractivity contribution >= 4 is 29.3 Å². The molecule has 0 aliphatic carbocycles. The van der Waals surface area contributed by atoms with Crippen LogP contribution in [0.5, 0.6) is 0 Å². The van der Waals surface area contributed by atoms with E-state index in [0.717, 1.165) is 5.69 Å². The molecule has 8 heteroatoms. The second kappa shape index (κ2) is 8.91. The molecule has 0 saturated carbocycles. The Morgan fingerprint density at radius 1 is 1.00 bits per heavy atom. The summed E-state index contributed by atoms with van der Waals surface area (Å²) in [6.07, 6.45) is -0.327. The number of carbonyl (C=O) groups excluding carboxylic acids is 3. The van der Waals surface area contributed by atoms with Crippen molar-refractivity contribution < 1.29 is 19.1 Å². The average molecular weight is 348 g/mol. The monoisotopic (exact) mass is 348 g/mol. The number of hydrogen-bond donors (Lipinski definition) is 2. The first-order valence-electron chi connectivity index (χ1n) is 8.30. The van der Waals surface area contributed by atoms with Gasteiger partial charge in [0.15, 0.2) is 0 Å². The molecule has 0 unspecified atom stereocenters. The van der Waals surface area contributed by atoms with E-state index >= 15 is 0 Å². The van der Waals surface area contributed by atoms with Crippen LogP contribution in [0.25, 0.3) is 0 Å². The molecule has 3 amide bonds. The van der Waals surface area contributed by atoms with E-state index in [9.17, 15) is 14.4 Å². The summed E-state index contributed by atoms with van der Waals surface area (Å²) in [5, 5.41) is 5.75. The lowest BCUT2D eigenvalue weighted by atomic mass is 10.2. The molecule has 1 aliphatic rings. The number of nitrogens with one attached hydrogen (secondary N) is 2. The quantitative estimate of drug-likeness (QED) is 0.838. The third kappa shape index (κ3) is 5.66. The van der Waals surface area contributed by atoms with Crippen LogP contribution in [0.1, 0.15) is 13.8 Å². The minimum atomic E-state index is -0.327. The summed E-state index contributed by atoms with van der Waals surface area (Å²) in [5.74, 6) is -0.146. The van der Waals surface area contributed by atoms with Crippen molar-refractivity contribution in [3.05, 3.63) is 24.3 Å². The Morgan fingerprint density at radius 2 is 1.56 bits per heavy atom. The third-order valence-electron chi connectivity index (χ3n) is 3.81. The van der Waals surface area contributed by atoms with Gasteiger partial charge in [-0.3, -0.25) is 9.59 Å². The molecule has 1 heterocycles. The molecule has 1 aliphatic heterocycles. The standard InChI is InChI=1S/C17H24N4O4/c1-3-25-17(24)21-10-8-20(9-11-21)16(23)12-18-14-4-6-15(7-5-14)19-13(2)22/h4-7,18H,3,8-12H2,1-2H3,(H,19,22). The predicted molar refractivity (Wildman–Crippen MR) is 94.4 cm³/mol. The van der Waals surface area contributed by atoms with Gasteiger partial charge in [0, 0.05) is 44.5 Å². The molecule has 0 atom stereocenters. The van der Waals surface area contributed by atoms with Crippen molar-refractivity contribution in [2.75, 3.05) is 50.0 Å². The van der Waals surface area contributed by atoms with Crippen LogP contribution in [0.2, 0.25) is 0 Å². The number of carbonyl (C=O) groups is 3. The summed E-state index contributed by atoms with van der Waals surface area (Å²) in [7, 11) is 0. The average Bonchev–Trinajstić information content (AvgIpc) is 2.61. The number of hydrogen-bond acceptors (Lipinski definition) is 5. The van der Waals surface area contributed by atoms with Crippen LogP contribution in [-0.2, 0) is 14.3 Å². The van der Waals surface area contributed by atoms with Crippen molar-refractivity contribution in [2.24, 2.45) is 0 Å². The van der Waals surface area contributed by atoms with Gasteiger partial charge in [0.1, 0.15) is 0 Å². The highest BCUT2D eigenvalue weighted by Crippen LogP contribution is 2.13. The van der Waals surface area contributed by atoms with Crippen LogP contribution in [0.15, 0.2) is 24.3 Å². The molecule has 0 bridgehead atoms. The van der Waals surface area contributed by atoms with E-state index in [1.54, 1.807) is 41.0 Å². The summed E-state index contributed by atoms with van der Waals surface area (Å²) in [5.41, 5.74) is 1.51. The predicted octanol–water partition coefficient (Wildman–Crippen LogP) is 1.36. The zero-order valence-corrected chi connectivity index (χ0v) is 14.6. The largest absolute Gasteiger partial charge is 0.450 e. The van der Waals surface area contributed by atoms with Gasteiger partial charge in [0.25, 0.3) is 0 Å². The molecule has 0 radical (unpaired) electrons. The Kier molecular flexibility index (Phi) is 6.62. The second-order valence-electron chi connectivity index (χ2n) is 5.68. The number of nitrogens with zero attached hydrogens (tertiary/aromatic N) is 2. The van der Waals surface area contributed by atoms with Gasteiger partial charge in [0.2, 0.25) is 11.8 Å². The van der Waals surface area contributed by atoms with Gasteiger partial charge in [-0.05, 0) is 31.2 Å². The molecular weight excluding hydrogens is 324 g/mol. The van der Waals surface area contributed by atoms with Crippen molar-refractivity contribution in [2.45, 2.75) is 13.8 Å². The molecule has 1 aromatic rings. The van der Waals surface area contributed by atoms with Crippen LogP contribution in [0.4, 0.5) is 16.2 Å². The molecule has 1 aromatic carbocycles. The zero-order valence-electron chi connectivity index (χ0n) is 14.6. The molecule has 2 N–H and O–H groups in total. The lowest BCUT2D eigenvalue weighted by Gasteiger charge is -2.34. The summed E-state index contributed by atoms with van der Waals surface area (Å²) in [6, 6.07) is 7.15. The van der Waals surface area contributed by atoms with E-state index in [0.29, 0.717) is 38.5 Å². The van der Waals surface area contributed by atoms with Crippen LogP contribution in [0, 0.1) is 0 Å². The molecule has 2 rings (SSSR count). The minimum absolute atomic E-state index is 0.0190. The molecule has 1 fully saturated rings. The Morgan fingerprint density at radius 3 is 2.12 bits per heavy atom. The van der Waals surface area contributed by atoms with E-state index in [2.05, 4.69) is 10.6 Å². The normalized spacial score (nSPS) is 14.0. The van der Waals surface area contributed by atoms with Gasteiger partial charge < -0.3 is 25.2 Å². The van der Waals surface area contributed by atoms with Crippen LogP contribution < -0.4 is 10.6 Å². The molecule has 1 saturated heterocycles. The van der Waals surface area contributed by atoms with Gasteiger partial charge in [-0.2, -0.15) is 0 Å². The van der Waals surface area contributed by atoms with Gasteiger partial charge in [-0.1, -0.05) is 0 Å². The van der Waals surface area contributed by atoms with E-state index in [-0.39, 0.29) is 24.5 Å². The number of amides is 3. The Hall–Kier alpha value is -2.77. The summed E-state index contributed by atoms with van der Waals surface area (Å²) >= 11 is 0. The number of benzene rings is 1. The topological polar surface area (TPSA) is 91.0 Å². The Balaban J connectivity index is 1.75. The Bertz CT molecular complexity index is 610. The van der Waals surface area contributed by atoms with Crippen LogP contribution in [0.3, 0.4) is 0 Å². The molecule has 136 valence electrons. The van der Waals surface area contributed by atoms with Crippen LogP contribution in [-0.4, -0.2) is 67.0 Å². The molecule has 8 nitrogen and oxygen atoms in total. The van der Waals surface area contributed by atoms with E-state index in [4.69, 9.17) is 4.74 Å². The first-order valence-corrected chi connectivity index (χ1v) is 8.30. The van der Waals surface area contributed by atoms with Crippen molar-refractivity contribution in [1.29, 1.82) is 0 Å². The van der Waals surface area contributed by atoms with Crippen LogP contribution >= 0.6 is 0 Å². The number of ether oxygens (including phenoxy) is 1. The van der Waals surface area contributed by atoms with E-state index in [1.807, 2.05) is 0 Å². The van der Waals surface area contributed by atoms with Gasteiger partial charge in [0.05, 0.1) is 13.2 Å². The minimum Gasteiger partial charge on any atom is -0.450 e. The molecular formula is C17H24N4O4. The van der Waals surface area contributed by atoms with Crippen molar-refractivity contribution in [3.8, 4) is 0 Å². The first-order chi connectivity index (χ1) is 12.0. The fourth-order valence-corrected chi connectivity index (χ4v) is 2.52. The summed E-state index contributed by atoms with van der Waals surface area (Å²) in [6.45, 7) is 5.72. The lowest BCUT2D eigenvalue weighted by molar-refractivity contribution is -0.130. The van der Waals surface area contributed by atoms with Gasteiger partial charge in [-0.25, -0.2) is 4.79 Å². The summed E-state index contributed by atoms with van der Waals surface area (Å²) in [4.78, 5) is 38.2. The van der Waals surface area contributed by atoms with Gasteiger partial charge >= 0.3 is 6.09 Å². The molecule has 25 heavy (non-hydrogen) atoms. The smallest absolute Gasteiger partial charge is 0.409 e. The van der Waals surface area contributed by atoms with Crippen molar-refractivity contribution in [3.63, 3.8) is 0 Å². The second-order valence-corrected chi connectivity index (χ2v) is 5.68. The van der Waals surface area contributed by atoms with E-state index in [1.165, 1.54) is 6.92 Å². The molecule has 0 aromatic heterocycles. The number of anilines is 2. The Labute approximate surface area is 147 Å². The fourth-order valence-electron chi connectivity index (χ4n) is 2.52. The maximum absolute atomic E-state index is 12.3. The zero-order chi connectivity index (χ0) is 18.2. The van der Waals surface area contributed by atoms with Crippen molar-refractivity contribution in [1.82, 2.24) is 9.80 Å². The highest BCUT2D eigenvalue weighted by atomic mass is 16.6. The number of piperazine rings is 1. The third-order valence-corrected chi connectivity index (χ3v) is 3.81. The lowest BCUT2D eigenvalue weighted by Crippen LogP contribution is -2.51. The highest BCUT2D eigenvalue weighted by Gasteiger charge is 2.24. The maximum atomic E-state index is 12.3. The maximum Gasteiger partial charge on any atom is 0.409 e. The fraction of sp³-hybridized carbons (Fsp3) is 0.471. The summed E-state index contributed by atoms with van der Waals surface area (Å²) < 4.78 is 4.96. The highest BCUT2D eigenvalue weighted by molar-refractivity contribution is 5.89. The first kappa shape index (κ1) is 18.6. The van der Waals surface area contributed by atoms with E-state index < -0.39 is 0 Å². The SMILES string of the molecule is CCOC(=O)N1CCN(C(=O)CNc2ccc(NC(C)=O)cc2)CC1. The number of rotatable bonds is 5.